The number of hydrogen-bond acceptors (Lipinski definition) is 3. The van der Waals surface area contributed by atoms with Crippen LogP contribution in [-0.2, 0) is 4.74 Å². The Kier molecular flexibility index (Phi) is 2.63. The van der Waals surface area contributed by atoms with Crippen LogP contribution >= 0.6 is 0 Å². The lowest BCUT2D eigenvalue weighted by atomic mass is 9.99. The van der Waals surface area contributed by atoms with Crippen LogP contribution in [0.2, 0.25) is 0 Å². The zero-order valence-corrected chi connectivity index (χ0v) is 7.68. The quantitative estimate of drug-likeness (QED) is 0.624. The van der Waals surface area contributed by atoms with E-state index in [1.807, 2.05) is 0 Å². The molecule has 3 nitrogen and oxygen atoms in total. The largest absolute Gasteiger partial charge is 0.378 e. The van der Waals surface area contributed by atoms with Gasteiger partial charge in [-0.05, 0) is 32.4 Å². The van der Waals surface area contributed by atoms with E-state index in [4.69, 9.17) is 4.74 Å². The Labute approximate surface area is 73.9 Å². The molecule has 0 radical (unpaired) electrons. The van der Waals surface area contributed by atoms with Gasteiger partial charge in [-0.15, -0.1) is 0 Å². The average molecular weight is 170 g/mol. The molecule has 0 spiro atoms. The number of hydrogen-bond donors (Lipinski definition) is 2. The van der Waals surface area contributed by atoms with Crippen molar-refractivity contribution in [3.63, 3.8) is 0 Å². The summed E-state index contributed by atoms with van der Waals surface area (Å²) in [5.41, 5.74) is 0. The van der Waals surface area contributed by atoms with Gasteiger partial charge >= 0.3 is 0 Å². The van der Waals surface area contributed by atoms with E-state index in [0.717, 1.165) is 19.1 Å². The Balaban J connectivity index is 1.71. The lowest BCUT2D eigenvalue weighted by Crippen LogP contribution is -2.51. The maximum atomic E-state index is 5.12. The van der Waals surface area contributed by atoms with Crippen molar-refractivity contribution in [2.24, 2.45) is 5.92 Å². The molecule has 0 amide bonds. The second-order valence-electron chi connectivity index (χ2n) is 3.94. The molecule has 0 aromatic heterocycles. The SMILES string of the molecule is CC(NC1COC1)C1CCNC1. The highest BCUT2D eigenvalue weighted by Gasteiger charge is 2.26. The molecule has 0 bridgehead atoms. The highest BCUT2D eigenvalue weighted by atomic mass is 16.5. The standard InChI is InChI=1S/C9H18N2O/c1-7(8-2-3-10-4-8)11-9-5-12-6-9/h7-11H,2-6H2,1H3. The van der Waals surface area contributed by atoms with E-state index in [1.165, 1.54) is 19.5 Å². The zero-order chi connectivity index (χ0) is 8.39. The van der Waals surface area contributed by atoms with Gasteiger partial charge in [-0.25, -0.2) is 0 Å². The van der Waals surface area contributed by atoms with Gasteiger partial charge in [0.2, 0.25) is 0 Å². The van der Waals surface area contributed by atoms with Crippen LogP contribution in [0.5, 0.6) is 0 Å². The van der Waals surface area contributed by atoms with E-state index >= 15 is 0 Å². The molecule has 3 heteroatoms. The predicted octanol–water partition coefficient (Wildman–Crippen LogP) is -0.0272. The minimum atomic E-state index is 0.626. The molecule has 2 aliphatic heterocycles. The van der Waals surface area contributed by atoms with E-state index in [-0.39, 0.29) is 0 Å². The molecule has 0 aliphatic carbocycles. The van der Waals surface area contributed by atoms with E-state index < -0.39 is 0 Å². The molecular formula is C9H18N2O. The Bertz CT molecular complexity index is 141. The van der Waals surface area contributed by atoms with Crippen LogP contribution in [-0.4, -0.2) is 38.4 Å². The van der Waals surface area contributed by atoms with Crippen LogP contribution in [0.25, 0.3) is 0 Å². The van der Waals surface area contributed by atoms with Gasteiger partial charge in [0.05, 0.1) is 19.3 Å². The van der Waals surface area contributed by atoms with Crippen molar-refractivity contribution in [1.82, 2.24) is 10.6 Å². The molecule has 0 saturated carbocycles. The first-order valence-corrected chi connectivity index (χ1v) is 4.91. The Morgan fingerprint density at radius 1 is 1.50 bits per heavy atom. The third-order valence-corrected chi connectivity index (χ3v) is 2.94. The van der Waals surface area contributed by atoms with Crippen molar-refractivity contribution in [3.05, 3.63) is 0 Å². The summed E-state index contributed by atoms with van der Waals surface area (Å²) < 4.78 is 5.12. The summed E-state index contributed by atoms with van der Waals surface area (Å²) >= 11 is 0. The third-order valence-electron chi connectivity index (χ3n) is 2.94. The molecule has 70 valence electrons. The second kappa shape index (κ2) is 3.73. The summed E-state index contributed by atoms with van der Waals surface area (Å²) in [6.45, 7) is 6.48. The maximum absolute atomic E-state index is 5.12. The Hall–Kier alpha value is -0.120. The molecule has 2 heterocycles. The lowest BCUT2D eigenvalue weighted by molar-refractivity contribution is -0.0117. The first-order valence-electron chi connectivity index (χ1n) is 4.91. The third kappa shape index (κ3) is 1.79. The fourth-order valence-electron chi connectivity index (χ4n) is 1.94. The van der Waals surface area contributed by atoms with Crippen molar-refractivity contribution in [2.75, 3.05) is 26.3 Å². The Morgan fingerprint density at radius 3 is 2.83 bits per heavy atom. The zero-order valence-electron chi connectivity index (χ0n) is 7.68. The van der Waals surface area contributed by atoms with Gasteiger partial charge in [0.25, 0.3) is 0 Å². The smallest absolute Gasteiger partial charge is 0.0643 e. The molecule has 2 N–H and O–H groups in total. The van der Waals surface area contributed by atoms with Gasteiger partial charge in [-0.2, -0.15) is 0 Å². The minimum Gasteiger partial charge on any atom is -0.378 e. The van der Waals surface area contributed by atoms with Crippen LogP contribution in [0.3, 0.4) is 0 Å². The van der Waals surface area contributed by atoms with Crippen molar-refractivity contribution >= 4 is 0 Å². The molecule has 2 atom stereocenters. The molecule has 2 fully saturated rings. The van der Waals surface area contributed by atoms with Crippen molar-refractivity contribution in [2.45, 2.75) is 25.4 Å². The average Bonchev–Trinajstić information content (AvgIpc) is 2.47. The number of ether oxygens (including phenoxy) is 1. The van der Waals surface area contributed by atoms with Crippen LogP contribution in [0.15, 0.2) is 0 Å². The monoisotopic (exact) mass is 170 g/mol. The van der Waals surface area contributed by atoms with Crippen LogP contribution in [0.1, 0.15) is 13.3 Å². The second-order valence-corrected chi connectivity index (χ2v) is 3.94. The fraction of sp³-hybridized carbons (Fsp3) is 1.00. The number of rotatable bonds is 3. The summed E-state index contributed by atoms with van der Waals surface area (Å²) in [6.07, 6.45) is 1.32. The van der Waals surface area contributed by atoms with Gasteiger partial charge in [0, 0.05) is 6.04 Å². The van der Waals surface area contributed by atoms with E-state index in [2.05, 4.69) is 17.6 Å². The first-order chi connectivity index (χ1) is 5.86. The van der Waals surface area contributed by atoms with Crippen molar-refractivity contribution in [1.29, 1.82) is 0 Å². The summed E-state index contributed by atoms with van der Waals surface area (Å²) in [5, 5.41) is 6.98. The van der Waals surface area contributed by atoms with E-state index in [9.17, 15) is 0 Å². The molecule has 2 aliphatic rings. The molecular weight excluding hydrogens is 152 g/mol. The fourth-order valence-corrected chi connectivity index (χ4v) is 1.94. The highest BCUT2D eigenvalue weighted by molar-refractivity contribution is 4.84. The van der Waals surface area contributed by atoms with Crippen LogP contribution in [0.4, 0.5) is 0 Å². The first kappa shape index (κ1) is 8.48. The predicted molar refractivity (Wildman–Crippen MR) is 48.2 cm³/mol. The van der Waals surface area contributed by atoms with Gasteiger partial charge in [0.1, 0.15) is 0 Å². The van der Waals surface area contributed by atoms with Crippen molar-refractivity contribution < 1.29 is 4.74 Å². The molecule has 2 rings (SSSR count). The summed E-state index contributed by atoms with van der Waals surface area (Å²) in [7, 11) is 0. The van der Waals surface area contributed by atoms with Gasteiger partial charge in [-0.1, -0.05) is 0 Å². The van der Waals surface area contributed by atoms with Crippen LogP contribution < -0.4 is 10.6 Å². The highest BCUT2D eigenvalue weighted by Crippen LogP contribution is 2.14. The summed E-state index contributed by atoms with van der Waals surface area (Å²) in [6, 6.07) is 1.27. The van der Waals surface area contributed by atoms with Gasteiger partial charge in [0.15, 0.2) is 0 Å². The minimum absolute atomic E-state index is 0.626. The van der Waals surface area contributed by atoms with Crippen LogP contribution in [0, 0.1) is 5.92 Å². The molecule has 12 heavy (non-hydrogen) atoms. The van der Waals surface area contributed by atoms with E-state index in [0.29, 0.717) is 12.1 Å². The topological polar surface area (TPSA) is 33.3 Å². The number of nitrogens with one attached hydrogen (secondary N) is 2. The van der Waals surface area contributed by atoms with Crippen molar-refractivity contribution in [3.8, 4) is 0 Å². The van der Waals surface area contributed by atoms with E-state index in [1.54, 1.807) is 0 Å². The normalized spacial score (nSPS) is 33.2. The molecule has 2 unspecified atom stereocenters. The molecule has 0 aromatic rings. The van der Waals surface area contributed by atoms with Gasteiger partial charge in [-0.3, -0.25) is 0 Å². The maximum Gasteiger partial charge on any atom is 0.0643 e. The van der Waals surface area contributed by atoms with Gasteiger partial charge < -0.3 is 15.4 Å². The molecule has 0 aromatic carbocycles. The molecule has 2 saturated heterocycles. The summed E-state index contributed by atoms with van der Waals surface area (Å²) in [5.74, 6) is 0.825. The Morgan fingerprint density at radius 2 is 2.33 bits per heavy atom. The lowest BCUT2D eigenvalue weighted by Gasteiger charge is -2.32. The summed E-state index contributed by atoms with van der Waals surface area (Å²) in [4.78, 5) is 0.